The van der Waals surface area contributed by atoms with Crippen molar-refractivity contribution < 1.29 is 14.4 Å². The van der Waals surface area contributed by atoms with Gasteiger partial charge in [-0.15, -0.1) is 0 Å². The van der Waals surface area contributed by atoms with Crippen LogP contribution in [0.2, 0.25) is 5.02 Å². The minimum atomic E-state index is -0.490. The van der Waals surface area contributed by atoms with Crippen molar-refractivity contribution in [2.75, 3.05) is 6.61 Å². The van der Waals surface area contributed by atoms with E-state index < -0.39 is 4.92 Å². The molecule has 0 bridgehead atoms. The van der Waals surface area contributed by atoms with Gasteiger partial charge in [-0.2, -0.15) is 0 Å². The highest BCUT2D eigenvalue weighted by molar-refractivity contribution is 9.09. The molecule has 0 heterocycles. The Hall–Kier alpha value is -0.850. The third-order valence-corrected chi connectivity index (χ3v) is 4.13. The number of benzene rings is 1. The predicted molar refractivity (Wildman–Crippen MR) is 75.3 cm³/mol. The van der Waals surface area contributed by atoms with Crippen LogP contribution in [0.25, 0.3) is 0 Å². The van der Waals surface area contributed by atoms with E-state index in [-0.39, 0.29) is 27.7 Å². The molecule has 2 rings (SSSR count). The highest BCUT2D eigenvalue weighted by atomic mass is 79.9. The van der Waals surface area contributed by atoms with Crippen molar-refractivity contribution in [3.05, 3.63) is 33.3 Å². The molecule has 0 aromatic heterocycles. The largest absolute Gasteiger partial charge is 0.486 e. The summed E-state index contributed by atoms with van der Waals surface area (Å²) in [6.45, 7) is 2.54. The lowest BCUT2D eigenvalue weighted by molar-refractivity contribution is -0.384. The van der Waals surface area contributed by atoms with Gasteiger partial charge in [0.1, 0.15) is 18.0 Å². The summed E-state index contributed by atoms with van der Waals surface area (Å²) >= 11 is 9.48. The second kappa shape index (κ2) is 6.07. The Labute approximate surface area is 124 Å². The lowest BCUT2D eigenvalue weighted by Crippen LogP contribution is -2.52. The van der Waals surface area contributed by atoms with E-state index in [4.69, 9.17) is 21.1 Å². The summed E-state index contributed by atoms with van der Waals surface area (Å²) in [5, 5.41) is 10.9. The fraction of sp³-hybridized carbons (Fsp3) is 0.500. The van der Waals surface area contributed by atoms with E-state index in [9.17, 15) is 10.1 Å². The van der Waals surface area contributed by atoms with Crippen LogP contribution in [0.3, 0.4) is 0 Å². The minimum absolute atomic E-state index is 0.0174. The van der Waals surface area contributed by atoms with Gasteiger partial charge in [0.2, 0.25) is 0 Å². The number of ether oxygens (including phenoxy) is 2. The van der Waals surface area contributed by atoms with Crippen LogP contribution in [0, 0.1) is 10.1 Å². The SMILES string of the molecule is CCOC1C(Br)CC1Oc1ccc([N+](=O)[O-])cc1Cl. The predicted octanol–water partition coefficient (Wildman–Crippen LogP) is 3.57. The van der Waals surface area contributed by atoms with Crippen molar-refractivity contribution in [1.82, 2.24) is 0 Å². The highest BCUT2D eigenvalue weighted by Gasteiger charge is 2.42. The van der Waals surface area contributed by atoms with Crippen LogP contribution in [0.4, 0.5) is 5.69 Å². The zero-order chi connectivity index (χ0) is 14.0. The standard InChI is InChI=1S/C12H13BrClNO4/c1-2-18-12-8(13)6-11(12)19-10-4-3-7(15(16)17)5-9(10)14/h3-5,8,11-12H,2,6H2,1H3. The molecule has 3 atom stereocenters. The Morgan fingerprint density at radius 3 is 2.84 bits per heavy atom. The second-order valence-corrected chi connectivity index (χ2v) is 5.78. The number of hydrogen-bond donors (Lipinski definition) is 0. The summed E-state index contributed by atoms with van der Waals surface area (Å²) in [5.74, 6) is 0.446. The van der Waals surface area contributed by atoms with Crippen LogP contribution in [0.15, 0.2) is 18.2 Å². The third kappa shape index (κ3) is 3.19. The van der Waals surface area contributed by atoms with Gasteiger partial charge < -0.3 is 9.47 Å². The van der Waals surface area contributed by atoms with Gasteiger partial charge in [0.05, 0.1) is 9.95 Å². The molecule has 1 saturated carbocycles. The first kappa shape index (κ1) is 14.6. The summed E-state index contributed by atoms with van der Waals surface area (Å²) in [6.07, 6.45) is 0.720. The molecule has 1 fully saturated rings. The molecule has 1 aliphatic carbocycles. The third-order valence-electron chi connectivity index (χ3n) is 2.94. The van der Waals surface area contributed by atoms with Crippen molar-refractivity contribution >= 4 is 33.2 Å². The van der Waals surface area contributed by atoms with Crippen LogP contribution in [0.1, 0.15) is 13.3 Å². The quantitative estimate of drug-likeness (QED) is 0.463. The van der Waals surface area contributed by atoms with E-state index in [0.717, 1.165) is 6.42 Å². The first-order valence-corrected chi connectivity index (χ1v) is 7.18. The van der Waals surface area contributed by atoms with Gasteiger partial charge in [-0.05, 0) is 13.0 Å². The molecule has 1 aliphatic rings. The zero-order valence-electron chi connectivity index (χ0n) is 10.2. The molecule has 0 amide bonds. The maximum absolute atomic E-state index is 10.6. The molecule has 1 aromatic carbocycles. The molecule has 3 unspecified atom stereocenters. The average molecular weight is 351 g/mol. The van der Waals surface area contributed by atoms with Gasteiger partial charge in [0.15, 0.2) is 0 Å². The van der Waals surface area contributed by atoms with E-state index >= 15 is 0 Å². The first-order chi connectivity index (χ1) is 9.02. The number of hydrogen-bond acceptors (Lipinski definition) is 4. The Kier molecular flexibility index (Phi) is 4.65. The van der Waals surface area contributed by atoms with Crippen LogP contribution < -0.4 is 4.74 Å². The van der Waals surface area contributed by atoms with E-state index in [1.165, 1.54) is 18.2 Å². The lowest BCUT2D eigenvalue weighted by atomic mass is 9.91. The summed E-state index contributed by atoms with van der Waals surface area (Å²) in [4.78, 5) is 10.4. The molecule has 7 heteroatoms. The van der Waals surface area contributed by atoms with Crippen LogP contribution in [0.5, 0.6) is 5.75 Å². The lowest BCUT2D eigenvalue weighted by Gasteiger charge is -2.40. The fourth-order valence-corrected chi connectivity index (χ4v) is 2.99. The molecule has 104 valence electrons. The summed E-state index contributed by atoms with van der Waals surface area (Å²) < 4.78 is 11.3. The Bertz CT molecular complexity index is 485. The Morgan fingerprint density at radius 2 is 2.32 bits per heavy atom. The first-order valence-electron chi connectivity index (χ1n) is 5.89. The topological polar surface area (TPSA) is 61.6 Å². The Morgan fingerprint density at radius 1 is 1.58 bits per heavy atom. The maximum atomic E-state index is 10.6. The molecule has 5 nitrogen and oxygen atoms in total. The summed E-state index contributed by atoms with van der Waals surface area (Å²) in [6, 6.07) is 4.18. The highest BCUT2D eigenvalue weighted by Crippen LogP contribution is 2.37. The molecule has 0 radical (unpaired) electrons. The zero-order valence-corrected chi connectivity index (χ0v) is 12.6. The molecule has 19 heavy (non-hydrogen) atoms. The molecule has 0 spiro atoms. The number of nitrogens with zero attached hydrogens (tertiary/aromatic N) is 1. The van der Waals surface area contributed by atoms with Crippen molar-refractivity contribution in [2.45, 2.75) is 30.4 Å². The van der Waals surface area contributed by atoms with E-state index in [1.807, 2.05) is 6.92 Å². The second-order valence-electron chi connectivity index (χ2n) is 4.20. The Balaban J connectivity index is 2.05. The molecule has 1 aromatic rings. The number of rotatable bonds is 5. The van der Waals surface area contributed by atoms with Gasteiger partial charge in [-0.25, -0.2) is 0 Å². The molecule has 0 N–H and O–H groups in total. The number of halogens is 2. The molecule has 0 saturated heterocycles. The minimum Gasteiger partial charge on any atom is -0.486 e. The van der Waals surface area contributed by atoms with Gasteiger partial charge in [-0.1, -0.05) is 27.5 Å². The van der Waals surface area contributed by atoms with Crippen LogP contribution >= 0.6 is 27.5 Å². The number of alkyl halides is 1. The number of nitro groups is 1. The number of non-ortho nitro benzene ring substituents is 1. The fourth-order valence-electron chi connectivity index (χ4n) is 1.91. The normalized spacial score (nSPS) is 25.7. The van der Waals surface area contributed by atoms with E-state index in [2.05, 4.69) is 15.9 Å². The van der Waals surface area contributed by atoms with E-state index in [1.54, 1.807) is 0 Å². The van der Waals surface area contributed by atoms with Crippen molar-refractivity contribution in [3.63, 3.8) is 0 Å². The average Bonchev–Trinajstić information content (AvgIpc) is 2.37. The van der Waals surface area contributed by atoms with Gasteiger partial charge in [0.25, 0.3) is 5.69 Å². The van der Waals surface area contributed by atoms with Gasteiger partial charge >= 0.3 is 0 Å². The summed E-state index contributed by atoms with van der Waals surface area (Å²) in [5.41, 5.74) is -0.0503. The molecular weight excluding hydrogens is 337 g/mol. The smallest absolute Gasteiger partial charge is 0.271 e. The van der Waals surface area contributed by atoms with E-state index in [0.29, 0.717) is 12.4 Å². The van der Waals surface area contributed by atoms with Crippen molar-refractivity contribution in [2.24, 2.45) is 0 Å². The molecule has 0 aliphatic heterocycles. The summed E-state index contributed by atoms with van der Waals surface area (Å²) in [7, 11) is 0. The van der Waals surface area contributed by atoms with Crippen molar-refractivity contribution in [1.29, 1.82) is 0 Å². The molecular formula is C12H13BrClNO4. The van der Waals surface area contributed by atoms with Gasteiger partial charge in [0, 0.05) is 30.0 Å². The number of nitro benzene ring substituents is 1. The maximum Gasteiger partial charge on any atom is 0.271 e. The van der Waals surface area contributed by atoms with Crippen LogP contribution in [-0.2, 0) is 4.74 Å². The van der Waals surface area contributed by atoms with Gasteiger partial charge in [-0.3, -0.25) is 10.1 Å². The monoisotopic (exact) mass is 349 g/mol. The van der Waals surface area contributed by atoms with Crippen LogP contribution in [-0.4, -0.2) is 28.6 Å². The van der Waals surface area contributed by atoms with Crippen molar-refractivity contribution in [3.8, 4) is 5.75 Å².